The van der Waals surface area contributed by atoms with Crippen LogP contribution >= 0.6 is 0 Å². The van der Waals surface area contributed by atoms with Gasteiger partial charge in [0, 0.05) is 12.5 Å². The van der Waals surface area contributed by atoms with Crippen molar-refractivity contribution < 1.29 is 9.59 Å². The van der Waals surface area contributed by atoms with Crippen LogP contribution in [0.4, 0.5) is 0 Å². The van der Waals surface area contributed by atoms with Crippen molar-refractivity contribution in [3.63, 3.8) is 0 Å². The van der Waals surface area contributed by atoms with E-state index in [4.69, 9.17) is 0 Å². The molecule has 0 fully saturated rings. The van der Waals surface area contributed by atoms with E-state index < -0.39 is 0 Å². The lowest BCUT2D eigenvalue weighted by molar-refractivity contribution is -0.118. The summed E-state index contributed by atoms with van der Waals surface area (Å²) in [6.45, 7) is 1.32. The Balaban J connectivity index is 2.31. The zero-order valence-corrected chi connectivity index (χ0v) is 10.0. The van der Waals surface area contributed by atoms with Crippen LogP contribution in [0.3, 0.4) is 0 Å². The molecule has 0 atom stereocenters. The van der Waals surface area contributed by atoms with Crippen LogP contribution in [-0.4, -0.2) is 11.8 Å². The molecule has 0 saturated carbocycles. The average molecular weight is 239 g/mol. The third kappa shape index (κ3) is 2.83. The molecule has 1 N–H and O–H groups in total. The Morgan fingerprint density at radius 3 is 2.22 bits per heavy atom. The zero-order chi connectivity index (χ0) is 13.0. The van der Waals surface area contributed by atoms with Crippen LogP contribution in [0.25, 0.3) is 11.1 Å². The molecular weight excluding hydrogens is 226 g/mol. The number of amides is 2. The molecule has 0 aromatic heterocycles. The Bertz CT molecular complexity index is 576. The Hall–Kier alpha value is -2.42. The lowest BCUT2D eigenvalue weighted by atomic mass is 10.0. The highest BCUT2D eigenvalue weighted by Gasteiger charge is 2.08. The van der Waals surface area contributed by atoms with E-state index in [2.05, 4.69) is 5.32 Å². The van der Waals surface area contributed by atoms with Crippen LogP contribution in [0.1, 0.15) is 17.3 Å². The van der Waals surface area contributed by atoms with E-state index in [0.717, 1.165) is 11.1 Å². The molecule has 0 heterocycles. The fourth-order valence-electron chi connectivity index (χ4n) is 1.70. The standard InChI is InChI=1S/C15H13NO2/c1-11(17)16-15(18)14-9-5-8-13(10-14)12-6-3-2-4-7-12/h2-10H,1H3,(H,16,17,18). The maximum atomic E-state index is 11.7. The number of benzene rings is 2. The van der Waals surface area contributed by atoms with E-state index in [0.29, 0.717) is 5.56 Å². The SMILES string of the molecule is CC(=O)NC(=O)c1cccc(-c2ccccc2)c1. The van der Waals surface area contributed by atoms with Crippen molar-refractivity contribution in [2.45, 2.75) is 6.92 Å². The number of hydrogen-bond donors (Lipinski definition) is 1. The quantitative estimate of drug-likeness (QED) is 0.875. The topological polar surface area (TPSA) is 46.2 Å². The van der Waals surface area contributed by atoms with E-state index in [-0.39, 0.29) is 11.8 Å². The van der Waals surface area contributed by atoms with Crippen molar-refractivity contribution in [3.8, 4) is 11.1 Å². The summed E-state index contributed by atoms with van der Waals surface area (Å²) < 4.78 is 0. The van der Waals surface area contributed by atoms with Gasteiger partial charge in [-0.2, -0.15) is 0 Å². The first-order chi connectivity index (χ1) is 8.66. The van der Waals surface area contributed by atoms with Crippen LogP contribution in [0.2, 0.25) is 0 Å². The lowest BCUT2D eigenvalue weighted by Crippen LogP contribution is -2.27. The van der Waals surface area contributed by atoms with Gasteiger partial charge in [0.25, 0.3) is 5.91 Å². The molecule has 3 heteroatoms. The van der Waals surface area contributed by atoms with E-state index in [1.165, 1.54) is 6.92 Å². The molecule has 2 aromatic rings. The minimum Gasteiger partial charge on any atom is -0.293 e. The summed E-state index contributed by atoms with van der Waals surface area (Å²) in [6, 6.07) is 17.0. The molecule has 2 aromatic carbocycles. The summed E-state index contributed by atoms with van der Waals surface area (Å²) in [6.07, 6.45) is 0. The normalized spacial score (nSPS) is 9.83. The molecule has 0 radical (unpaired) electrons. The molecule has 0 aliphatic rings. The Morgan fingerprint density at radius 1 is 0.889 bits per heavy atom. The van der Waals surface area contributed by atoms with Gasteiger partial charge in [-0.3, -0.25) is 14.9 Å². The van der Waals surface area contributed by atoms with Crippen molar-refractivity contribution in [3.05, 3.63) is 60.2 Å². The monoisotopic (exact) mass is 239 g/mol. The predicted molar refractivity (Wildman–Crippen MR) is 70.0 cm³/mol. The second kappa shape index (κ2) is 5.27. The average Bonchev–Trinajstić information content (AvgIpc) is 2.39. The molecule has 0 aliphatic carbocycles. The smallest absolute Gasteiger partial charge is 0.257 e. The van der Waals surface area contributed by atoms with Crippen molar-refractivity contribution in [1.29, 1.82) is 0 Å². The largest absolute Gasteiger partial charge is 0.293 e. The van der Waals surface area contributed by atoms with Crippen molar-refractivity contribution in [1.82, 2.24) is 5.32 Å². The molecule has 0 saturated heterocycles. The van der Waals surface area contributed by atoms with Crippen molar-refractivity contribution in [2.24, 2.45) is 0 Å². The third-order valence-corrected chi connectivity index (χ3v) is 2.52. The molecule has 0 unspecified atom stereocenters. The van der Waals surface area contributed by atoms with Crippen LogP contribution in [-0.2, 0) is 4.79 Å². The van der Waals surface area contributed by atoms with Gasteiger partial charge in [0.2, 0.25) is 5.91 Å². The first-order valence-electron chi connectivity index (χ1n) is 5.64. The highest BCUT2D eigenvalue weighted by molar-refractivity contribution is 6.04. The first kappa shape index (κ1) is 12.0. The van der Waals surface area contributed by atoms with E-state index in [1.54, 1.807) is 18.2 Å². The third-order valence-electron chi connectivity index (χ3n) is 2.52. The molecule has 3 nitrogen and oxygen atoms in total. The summed E-state index contributed by atoms with van der Waals surface area (Å²) in [5, 5.41) is 2.26. The van der Waals surface area contributed by atoms with E-state index in [9.17, 15) is 9.59 Å². The molecular formula is C15H13NO2. The second-order valence-electron chi connectivity index (χ2n) is 3.96. The van der Waals surface area contributed by atoms with E-state index >= 15 is 0 Å². The minimum atomic E-state index is -0.375. The van der Waals surface area contributed by atoms with Gasteiger partial charge in [-0.25, -0.2) is 0 Å². The van der Waals surface area contributed by atoms with Crippen molar-refractivity contribution >= 4 is 11.8 Å². The van der Waals surface area contributed by atoms with Gasteiger partial charge in [-0.05, 0) is 23.3 Å². The lowest BCUT2D eigenvalue weighted by Gasteiger charge is -2.05. The number of nitrogens with one attached hydrogen (secondary N) is 1. The van der Waals surface area contributed by atoms with Gasteiger partial charge < -0.3 is 0 Å². The summed E-state index contributed by atoms with van der Waals surface area (Å²) in [5.41, 5.74) is 2.47. The molecule has 18 heavy (non-hydrogen) atoms. The molecule has 0 aliphatic heterocycles. The highest BCUT2D eigenvalue weighted by atomic mass is 16.2. The fraction of sp³-hybridized carbons (Fsp3) is 0.0667. The van der Waals surface area contributed by atoms with Gasteiger partial charge in [0.15, 0.2) is 0 Å². The van der Waals surface area contributed by atoms with Gasteiger partial charge in [0.05, 0.1) is 0 Å². The number of carbonyl (C=O) groups excluding carboxylic acids is 2. The molecule has 2 rings (SSSR count). The second-order valence-corrected chi connectivity index (χ2v) is 3.96. The maximum absolute atomic E-state index is 11.7. The molecule has 90 valence electrons. The van der Waals surface area contributed by atoms with E-state index in [1.807, 2.05) is 36.4 Å². The van der Waals surface area contributed by atoms with Crippen LogP contribution < -0.4 is 5.32 Å². The first-order valence-corrected chi connectivity index (χ1v) is 5.64. The number of hydrogen-bond acceptors (Lipinski definition) is 2. The van der Waals surface area contributed by atoms with Gasteiger partial charge in [-0.1, -0.05) is 42.5 Å². The summed E-state index contributed by atoms with van der Waals surface area (Å²) >= 11 is 0. The molecule has 0 spiro atoms. The van der Waals surface area contributed by atoms with Crippen molar-refractivity contribution in [2.75, 3.05) is 0 Å². The number of imide groups is 1. The predicted octanol–water partition coefficient (Wildman–Crippen LogP) is 2.63. The zero-order valence-electron chi connectivity index (χ0n) is 10.0. The van der Waals surface area contributed by atoms with Gasteiger partial charge >= 0.3 is 0 Å². The number of carbonyl (C=O) groups is 2. The van der Waals surface area contributed by atoms with Crippen LogP contribution in [0.15, 0.2) is 54.6 Å². The van der Waals surface area contributed by atoms with Crippen LogP contribution in [0.5, 0.6) is 0 Å². The summed E-state index contributed by atoms with van der Waals surface area (Å²) in [7, 11) is 0. The summed E-state index contributed by atoms with van der Waals surface area (Å²) in [4.78, 5) is 22.6. The minimum absolute atomic E-state index is 0.356. The van der Waals surface area contributed by atoms with Gasteiger partial charge in [0.1, 0.15) is 0 Å². The Kier molecular flexibility index (Phi) is 3.53. The Morgan fingerprint density at radius 2 is 1.56 bits per heavy atom. The molecule has 0 bridgehead atoms. The molecule has 2 amide bonds. The van der Waals surface area contributed by atoms with Crippen LogP contribution in [0, 0.1) is 0 Å². The van der Waals surface area contributed by atoms with Gasteiger partial charge in [-0.15, -0.1) is 0 Å². The fourth-order valence-corrected chi connectivity index (χ4v) is 1.70. The summed E-state index contributed by atoms with van der Waals surface area (Å²) in [5.74, 6) is -0.731. The number of rotatable bonds is 2. The Labute approximate surface area is 105 Å². The maximum Gasteiger partial charge on any atom is 0.257 e. The highest BCUT2D eigenvalue weighted by Crippen LogP contribution is 2.19.